The number of carbonyl (C=O) groups is 2. The number of amides is 2. The fourth-order valence-corrected chi connectivity index (χ4v) is 2.77. The van der Waals surface area contributed by atoms with Gasteiger partial charge in [-0.2, -0.15) is 0 Å². The molecule has 7 heteroatoms. The van der Waals surface area contributed by atoms with E-state index in [1.807, 2.05) is 13.8 Å². The summed E-state index contributed by atoms with van der Waals surface area (Å²) in [5.74, 6) is -0.572. The Morgan fingerprint density at radius 3 is 1.91 bits per heavy atom. The summed E-state index contributed by atoms with van der Waals surface area (Å²) < 4.78 is 22.9. The van der Waals surface area contributed by atoms with Crippen LogP contribution in [0.15, 0.2) is 29.2 Å². The van der Waals surface area contributed by atoms with Gasteiger partial charge in [-0.25, -0.2) is 8.42 Å². The molecule has 0 unspecified atom stereocenters. The molecular formula is C16H24N2O4S. The van der Waals surface area contributed by atoms with Gasteiger partial charge in [0.05, 0.1) is 10.9 Å². The lowest BCUT2D eigenvalue weighted by molar-refractivity contribution is -0.129. The van der Waals surface area contributed by atoms with E-state index >= 15 is 0 Å². The molecule has 2 amide bonds. The van der Waals surface area contributed by atoms with Crippen molar-refractivity contribution >= 4 is 21.7 Å². The molecule has 0 fully saturated rings. The van der Waals surface area contributed by atoms with Crippen LogP contribution in [0.4, 0.5) is 0 Å². The molecule has 0 aliphatic rings. The topological polar surface area (TPSA) is 92.3 Å². The largest absolute Gasteiger partial charge is 0.348 e. The van der Waals surface area contributed by atoms with Crippen molar-refractivity contribution in [3.8, 4) is 0 Å². The smallest absolute Gasteiger partial charge is 0.243 e. The zero-order valence-electron chi connectivity index (χ0n) is 14.1. The van der Waals surface area contributed by atoms with Crippen LogP contribution >= 0.6 is 0 Å². The van der Waals surface area contributed by atoms with Crippen LogP contribution in [-0.4, -0.2) is 32.5 Å². The SMILES string of the molecule is CC(=O)N[C@@H](C(=O)N[C@@H](C)c1ccc(S(C)(=O)=O)cc1)C(C)C. The highest BCUT2D eigenvalue weighted by Crippen LogP contribution is 2.17. The molecule has 128 valence electrons. The van der Waals surface area contributed by atoms with Crippen molar-refractivity contribution in [1.82, 2.24) is 10.6 Å². The Morgan fingerprint density at radius 2 is 1.52 bits per heavy atom. The van der Waals surface area contributed by atoms with Gasteiger partial charge in [-0.3, -0.25) is 9.59 Å². The van der Waals surface area contributed by atoms with Gasteiger partial charge in [0, 0.05) is 13.2 Å². The summed E-state index contributed by atoms with van der Waals surface area (Å²) in [6.45, 7) is 6.88. The molecule has 0 bridgehead atoms. The van der Waals surface area contributed by atoms with Gasteiger partial charge in [0.15, 0.2) is 9.84 Å². The number of rotatable bonds is 6. The average Bonchev–Trinajstić information content (AvgIpc) is 2.43. The summed E-state index contributed by atoms with van der Waals surface area (Å²) in [4.78, 5) is 23.7. The zero-order valence-corrected chi connectivity index (χ0v) is 14.9. The van der Waals surface area contributed by atoms with Crippen molar-refractivity contribution in [3.05, 3.63) is 29.8 Å². The molecule has 23 heavy (non-hydrogen) atoms. The monoisotopic (exact) mass is 340 g/mol. The second-order valence-electron chi connectivity index (χ2n) is 5.99. The summed E-state index contributed by atoms with van der Waals surface area (Å²) in [6, 6.07) is 5.47. The van der Waals surface area contributed by atoms with Crippen LogP contribution in [-0.2, 0) is 19.4 Å². The van der Waals surface area contributed by atoms with E-state index in [1.54, 1.807) is 19.1 Å². The van der Waals surface area contributed by atoms with Gasteiger partial charge in [0.1, 0.15) is 6.04 Å². The Balaban J connectivity index is 2.83. The van der Waals surface area contributed by atoms with Gasteiger partial charge in [-0.05, 0) is 30.5 Å². The highest BCUT2D eigenvalue weighted by molar-refractivity contribution is 7.90. The first-order chi connectivity index (χ1) is 10.5. The van der Waals surface area contributed by atoms with Crippen LogP contribution in [0.3, 0.4) is 0 Å². The molecule has 0 spiro atoms. The second kappa shape index (κ2) is 7.59. The Morgan fingerprint density at radius 1 is 1.00 bits per heavy atom. The number of benzene rings is 1. The number of hydrogen-bond donors (Lipinski definition) is 2. The third-order valence-corrected chi connectivity index (χ3v) is 4.60. The van der Waals surface area contributed by atoms with Gasteiger partial charge in [0.2, 0.25) is 11.8 Å². The van der Waals surface area contributed by atoms with Gasteiger partial charge in [-0.15, -0.1) is 0 Å². The predicted molar refractivity (Wildman–Crippen MR) is 88.6 cm³/mol. The summed E-state index contributed by atoms with van der Waals surface area (Å²) in [7, 11) is -3.24. The maximum absolute atomic E-state index is 12.3. The van der Waals surface area contributed by atoms with Gasteiger partial charge < -0.3 is 10.6 Å². The normalized spacial score (nSPS) is 14.2. The van der Waals surface area contributed by atoms with Gasteiger partial charge in [0.25, 0.3) is 0 Å². The van der Waals surface area contributed by atoms with E-state index in [9.17, 15) is 18.0 Å². The molecule has 0 saturated heterocycles. The molecule has 0 saturated carbocycles. The van der Waals surface area contributed by atoms with E-state index in [-0.39, 0.29) is 28.7 Å². The number of carbonyl (C=O) groups excluding carboxylic acids is 2. The van der Waals surface area contributed by atoms with Crippen molar-refractivity contribution in [2.75, 3.05) is 6.26 Å². The van der Waals surface area contributed by atoms with E-state index in [0.29, 0.717) is 0 Å². The van der Waals surface area contributed by atoms with Crippen LogP contribution in [0.1, 0.15) is 39.3 Å². The number of hydrogen-bond acceptors (Lipinski definition) is 4. The first kappa shape index (κ1) is 19.2. The molecule has 0 radical (unpaired) electrons. The van der Waals surface area contributed by atoms with Crippen molar-refractivity contribution in [3.63, 3.8) is 0 Å². The maximum atomic E-state index is 12.3. The van der Waals surface area contributed by atoms with Crippen molar-refractivity contribution in [2.24, 2.45) is 5.92 Å². The molecule has 0 heterocycles. The molecule has 2 N–H and O–H groups in total. The third kappa shape index (κ3) is 5.67. The van der Waals surface area contributed by atoms with Crippen molar-refractivity contribution in [2.45, 2.75) is 44.7 Å². The lowest BCUT2D eigenvalue weighted by atomic mass is 10.0. The molecule has 1 aromatic rings. The first-order valence-electron chi connectivity index (χ1n) is 7.40. The molecular weight excluding hydrogens is 316 g/mol. The van der Waals surface area contributed by atoms with Crippen molar-refractivity contribution in [1.29, 1.82) is 0 Å². The lowest BCUT2D eigenvalue weighted by Gasteiger charge is -2.23. The van der Waals surface area contributed by atoms with Crippen LogP contribution < -0.4 is 10.6 Å². The minimum Gasteiger partial charge on any atom is -0.348 e. The van der Waals surface area contributed by atoms with Crippen LogP contribution in [0, 0.1) is 5.92 Å². The van der Waals surface area contributed by atoms with Gasteiger partial charge >= 0.3 is 0 Å². The molecule has 1 rings (SSSR count). The molecule has 2 atom stereocenters. The standard InChI is InChI=1S/C16H24N2O4S/c1-10(2)15(18-12(4)19)16(20)17-11(3)13-6-8-14(9-7-13)23(5,21)22/h6-11,15H,1-5H3,(H,17,20)(H,18,19)/t11-,15+/m0/s1. The Labute approximate surface area is 137 Å². The Kier molecular flexibility index (Phi) is 6.32. The molecule has 0 aliphatic carbocycles. The van der Waals surface area contributed by atoms with E-state index in [0.717, 1.165) is 11.8 Å². The minimum atomic E-state index is -3.24. The fraction of sp³-hybridized carbons (Fsp3) is 0.500. The zero-order chi connectivity index (χ0) is 17.8. The molecule has 1 aromatic carbocycles. The van der Waals surface area contributed by atoms with E-state index in [2.05, 4.69) is 10.6 Å². The van der Waals surface area contributed by atoms with E-state index < -0.39 is 15.9 Å². The van der Waals surface area contributed by atoms with Crippen molar-refractivity contribution < 1.29 is 18.0 Å². The molecule has 0 aromatic heterocycles. The second-order valence-corrected chi connectivity index (χ2v) is 8.01. The molecule has 0 aliphatic heterocycles. The van der Waals surface area contributed by atoms with Gasteiger partial charge in [-0.1, -0.05) is 26.0 Å². The summed E-state index contributed by atoms with van der Waals surface area (Å²) >= 11 is 0. The number of sulfone groups is 1. The first-order valence-corrected chi connectivity index (χ1v) is 9.29. The fourth-order valence-electron chi connectivity index (χ4n) is 2.14. The number of nitrogens with one attached hydrogen (secondary N) is 2. The van der Waals surface area contributed by atoms with E-state index in [1.165, 1.54) is 19.1 Å². The Bertz CT molecular complexity index is 666. The third-order valence-electron chi connectivity index (χ3n) is 3.47. The minimum absolute atomic E-state index is 0.0429. The summed E-state index contributed by atoms with van der Waals surface area (Å²) in [5.41, 5.74) is 0.788. The van der Waals surface area contributed by atoms with E-state index in [4.69, 9.17) is 0 Å². The Hall–Kier alpha value is -1.89. The lowest BCUT2D eigenvalue weighted by Crippen LogP contribution is -2.49. The maximum Gasteiger partial charge on any atom is 0.243 e. The quantitative estimate of drug-likeness (QED) is 0.819. The predicted octanol–water partition coefficient (Wildman–Crippen LogP) is 1.43. The summed E-state index contributed by atoms with van der Waals surface area (Å²) in [6.07, 6.45) is 1.15. The highest BCUT2D eigenvalue weighted by Gasteiger charge is 2.24. The molecule has 6 nitrogen and oxygen atoms in total. The van der Waals surface area contributed by atoms with Crippen LogP contribution in [0.25, 0.3) is 0 Å². The van der Waals surface area contributed by atoms with Crippen LogP contribution in [0.5, 0.6) is 0 Å². The summed E-state index contributed by atoms with van der Waals surface area (Å²) in [5, 5.41) is 5.47. The average molecular weight is 340 g/mol. The van der Waals surface area contributed by atoms with Crippen LogP contribution in [0.2, 0.25) is 0 Å². The highest BCUT2D eigenvalue weighted by atomic mass is 32.2.